The van der Waals surface area contributed by atoms with Crippen molar-refractivity contribution < 1.29 is 0 Å². The molecule has 0 radical (unpaired) electrons. The van der Waals surface area contributed by atoms with Gasteiger partial charge in [0.15, 0.2) is 0 Å². The van der Waals surface area contributed by atoms with E-state index < -0.39 is 0 Å². The first kappa shape index (κ1) is 15.1. The lowest BCUT2D eigenvalue weighted by molar-refractivity contribution is 0.143. The smallest absolute Gasteiger partial charge is 0.00699 e. The third-order valence-electron chi connectivity index (χ3n) is 5.92. The van der Waals surface area contributed by atoms with E-state index in [-0.39, 0.29) is 0 Å². The zero-order valence-electron chi connectivity index (χ0n) is 13.6. The normalized spacial score (nSPS) is 30.6. The van der Waals surface area contributed by atoms with Gasteiger partial charge in [-0.1, -0.05) is 62.9 Å². The van der Waals surface area contributed by atoms with Crippen LogP contribution in [-0.2, 0) is 0 Å². The number of hydrogen-bond acceptors (Lipinski definition) is 1. The molecule has 2 fully saturated rings. The summed E-state index contributed by atoms with van der Waals surface area (Å²) in [5.74, 6) is 2.78. The second kappa shape index (κ2) is 7.45. The lowest BCUT2D eigenvalue weighted by Crippen LogP contribution is -2.39. The maximum absolute atomic E-state index is 3.86. The lowest BCUT2D eigenvalue weighted by Gasteiger charge is -2.39. The Kier molecular flexibility index (Phi) is 5.35. The van der Waals surface area contributed by atoms with Gasteiger partial charge in [-0.3, -0.25) is 0 Å². The summed E-state index contributed by atoms with van der Waals surface area (Å²) >= 11 is 0. The molecule has 0 amide bonds. The van der Waals surface area contributed by atoms with Crippen molar-refractivity contribution in [2.45, 2.75) is 70.3 Å². The van der Waals surface area contributed by atoms with E-state index >= 15 is 0 Å². The number of benzene rings is 1. The van der Waals surface area contributed by atoms with Gasteiger partial charge in [-0.15, -0.1) is 0 Å². The summed E-state index contributed by atoms with van der Waals surface area (Å²) in [7, 11) is 0. The van der Waals surface area contributed by atoms with Gasteiger partial charge in [0, 0.05) is 6.04 Å². The minimum absolute atomic E-state index is 0.671. The largest absolute Gasteiger partial charge is 0.314 e. The van der Waals surface area contributed by atoms with Gasteiger partial charge in [0.25, 0.3) is 0 Å². The van der Waals surface area contributed by atoms with Gasteiger partial charge >= 0.3 is 0 Å². The lowest BCUT2D eigenvalue weighted by atomic mass is 9.69. The average molecular weight is 285 g/mol. The molecular formula is C20H31N. The molecule has 116 valence electrons. The number of rotatable bonds is 5. The molecule has 3 rings (SSSR count). The van der Waals surface area contributed by atoms with Crippen LogP contribution in [0, 0.1) is 11.8 Å². The fraction of sp³-hybridized carbons (Fsp3) is 0.700. The fourth-order valence-electron chi connectivity index (χ4n) is 4.51. The van der Waals surface area contributed by atoms with Crippen molar-refractivity contribution in [1.29, 1.82) is 0 Å². The van der Waals surface area contributed by atoms with E-state index in [9.17, 15) is 0 Å². The van der Waals surface area contributed by atoms with Gasteiger partial charge in [-0.05, 0) is 55.5 Å². The van der Waals surface area contributed by atoms with Crippen molar-refractivity contribution in [3.63, 3.8) is 0 Å². The van der Waals surface area contributed by atoms with Crippen LogP contribution in [0.25, 0.3) is 0 Å². The van der Waals surface area contributed by atoms with Crippen molar-refractivity contribution >= 4 is 0 Å². The van der Waals surface area contributed by atoms with E-state index in [4.69, 9.17) is 0 Å². The molecule has 4 atom stereocenters. The first-order valence-electron chi connectivity index (χ1n) is 9.11. The Labute approximate surface area is 130 Å². The highest BCUT2D eigenvalue weighted by Gasteiger charge is 2.31. The zero-order chi connectivity index (χ0) is 14.5. The molecule has 1 nitrogen and oxygen atoms in total. The molecule has 2 aliphatic carbocycles. The minimum atomic E-state index is 0.671. The van der Waals surface area contributed by atoms with Crippen LogP contribution in [0.5, 0.6) is 0 Å². The molecule has 1 N–H and O–H groups in total. The van der Waals surface area contributed by atoms with Crippen molar-refractivity contribution in [3.05, 3.63) is 35.9 Å². The van der Waals surface area contributed by atoms with Crippen LogP contribution >= 0.6 is 0 Å². The monoisotopic (exact) mass is 285 g/mol. The molecule has 0 aromatic heterocycles. The van der Waals surface area contributed by atoms with Crippen molar-refractivity contribution in [1.82, 2.24) is 5.32 Å². The van der Waals surface area contributed by atoms with Crippen LogP contribution in [0.15, 0.2) is 30.3 Å². The van der Waals surface area contributed by atoms with Gasteiger partial charge in [-0.2, -0.15) is 0 Å². The van der Waals surface area contributed by atoms with E-state index in [2.05, 4.69) is 42.6 Å². The van der Waals surface area contributed by atoms with Crippen LogP contribution in [0.4, 0.5) is 0 Å². The van der Waals surface area contributed by atoms with Gasteiger partial charge in [0.1, 0.15) is 0 Å². The first-order valence-corrected chi connectivity index (χ1v) is 9.11. The summed E-state index contributed by atoms with van der Waals surface area (Å²) in [6.45, 7) is 3.53. The molecule has 0 aliphatic heterocycles. The van der Waals surface area contributed by atoms with Crippen molar-refractivity contribution in [2.24, 2.45) is 11.8 Å². The van der Waals surface area contributed by atoms with Crippen LogP contribution in [0.3, 0.4) is 0 Å². The molecule has 1 heteroatoms. The van der Waals surface area contributed by atoms with Gasteiger partial charge < -0.3 is 5.32 Å². The van der Waals surface area contributed by atoms with Crippen LogP contribution in [-0.4, -0.2) is 12.6 Å². The Bertz CT molecular complexity index is 413. The van der Waals surface area contributed by atoms with Crippen molar-refractivity contribution in [3.8, 4) is 0 Å². The van der Waals surface area contributed by atoms with Crippen LogP contribution < -0.4 is 5.32 Å². The van der Waals surface area contributed by atoms with Crippen LogP contribution in [0.1, 0.15) is 69.8 Å². The van der Waals surface area contributed by atoms with E-state index in [0.717, 1.165) is 17.9 Å². The summed E-state index contributed by atoms with van der Waals surface area (Å²) < 4.78 is 0. The highest BCUT2D eigenvalue weighted by atomic mass is 14.9. The Hall–Kier alpha value is -0.820. The highest BCUT2D eigenvalue weighted by molar-refractivity contribution is 5.18. The topological polar surface area (TPSA) is 12.0 Å². The van der Waals surface area contributed by atoms with E-state index in [1.54, 1.807) is 0 Å². The highest BCUT2D eigenvalue weighted by Crippen LogP contribution is 2.40. The summed E-state index contributed by atoms with van der Waals surface area (Å²) in [5, 5.41) is 3.86. The van der Waals surface area contributed by atoms with Crippen LogP contribution in [0.2, 0.25) is 0 Å². The first-order chi connectivity index (χ1) is 10.3. The summed E-state index contributed by atoms with van der Waals surface area (Å²) in [6, 6.07) is 11.7. The van der Waals surface area contributed by atoms with E-state index in [1.165, 1.54) is 63.5 Å². The minimum Gasteiger partial charge on any atom is -0.314 e. The SMILES string of the molecule is CC(CCNC1CCC2CCCCC2C1)c1ccccc1. The number of hydrogen-bond donors (Lipinski definition) is 1. The standard InChI is InChI=1S/C20H31N/c1-16(17-7-3-2-4-8-17)13-14-21-20-12-11-18-9-5-6-10-19(18)15-20/h2-4,7-8,16,18-21H,5-6,9-15H2,1H3. The number of nitrogens with one attached hydrogen (secondary N) is 1. The Morgan fingerprint density at radius 1 is 1.00 bits per heavy atom. The van der Waals surface area contributed by atoms with E-state index in [0.29, 0.717) is 5.92 Å². The van der Waals surface area contributed by atoms with Gasteiger partial charge in [0.05, 0.1) is 0 Å². The predicted octanol–water partition coefficient (Wildman–Crippen LogP) is 5.13. The molecule has 0 heterocycles. The molecule has 4 unspecified atom stereocenters. The summed E-state index contributed by atoms with van der Waals surface area (Å²) in [5.41, 5.74) is 1.48. The van der Waals surface area contributed by atoms with E-state index in [1.807, 2.05) is 0 Å². The second-order valence-corrected chi connectivity index (χ2v) is 7.37. The summed E-state index contributed by atoms with van der Waals surface area (Å²) in [4.78, 5) is 0. The summed E-state index contributed by atoms with van der Waals surface area (Å²) in [6.07, 6.45) is 11.6. The Morgan fingerprint density at radius 2 is 1.76 bits per heavy atom. The third-order valence-corrected chi connectivity index (χ3v) is 5.92. The molecule has 1 aromatic carbocycles. The Balaban J connectivity index is 1.39. The molecule has 2 saturated carbocycles. The molecule has 1 aromatic rings. The van der Waals surface area contributed by atoms with Crippen molar-refractivity contribution in [2.75, 3.05) is 6.54 Å². The average Bonchev–Trinajstić information content (AvgIpc) is 2.55. The number of fused-ring (bicyclic) bond motifs is 1. The molecule has 0 saturated heterocycles. The van der Waals surface area contributed by atoms with Gasteiger partial charge in [-0.25, -0.2) is 0 Å². The molecular weight excluding hydrogens is 254 g/mol. The molecule has 0 bridgehead atoms. The maximum Gasteiger partial charge on any atom is 0.00699 e. The van der Waals surface area contributed by atoms with Gasteiger partial charge in [0.2, 0.25) is 0 Å². The molecule has 2 aliphatic rings. The molecule has 0 spiro atoms. The predicted molar refractivity (Wildman–Crippen MR) is 90.6 cm³/mol. The quantitative estimate of drug-likeness (QED) is 0.791. The molecule has 21 heavy (non-hydrogen) atoms. The Morgan fingerprint density at radius 3 is 2.57 bits per heavy atom. The third kappa shape index (κ3) is 4.10. The maximum atomic E-state index is 3.86. The second-order valence-electron chi connectivity index (χ2n) is 7.37. The zero-order valence-corrected chi connectivity index (χ0v) is 13.6. The fourth-order valence-corrected chi connectivity index (χ4v) is 4.51.